The Kier molecular flexibility index (Phi) is 5.81. The molecule has 2 aromatic rings. The summed E-state index contributed by atoms with van der Waals surface area (Å²) >= 11 is 6.32. The maximum Gasteiger partial charge on any atom is 0.337 e. The summed E-state index contributed by atoms with van der Waals surface area (Å²) < 4.78 is 11.4. The van der Waals surface area contributed by atoms with Gasteiger partial charge in [-0.25, -0.2) is 4.79 Å². The summed E-state index contributed by atoms with van der Waals surface area (Å²) in [6.07, 6.45) is 5.37. The molecule has 2 aliphatic carbocycles. The van der Waals surface area contributed by atoms with Crippen LogP contribution in [0.5, 0.6) is 5.75 Å². The Balaban J connectivity index is 1.56. The van der Waals surface area contributed by atoms with E-state index < -0.39 is 0 Å². The summed E-state index contributed by atoms with van der Waals surface area (Å²) in [5, 5.41) is 10.5. The van der Waals surface area contributed by atoms with Gasteiger partial charge in [0.2, 0.25) is 0 Å². The molecule has 5 nitrogen and oxygen atoms in total. The van der Waals surface area contributed by atoms with E-state index >= 15 is 0 Å². The smallest absolute Gasteiger partial charge is 0.337 e. The predicted octanol–water partition coefficient (Wildman–Crippen LogP) is 4.62. The summed E-state index contributed by atoms with van der Waals surface area (Å²) in [7, 11) is 1.40. The molecular formula is C26H30ClNO4. The number of nitrogens with zero attached hydrogens (tertiary/aromatic N) is 1. The Labute approximate surface area is 194 Å². The second kappa shape index (κ2) is 8.60. The zero-order valence-corrected chi connectivity index (χ0v) is 19.2. The fraction of sp³-hybridized carbons (Fsp3) is 0.500. The van der Waals surface area contributed by atoms with Crippen LogP contribution in [0, 0.1) is 11.8 Å². The minimum Gasteiger partial charge on any atom is -0.490 e. The van der Waals surface area contributed by atoms with E-state index in [-0.39, 0.29) is 18.0 Å². The summed E-state index contributed by atoms with van der Waals surface area (Å²) in [6, 6.07) is 11.8. The highest BCUT2D eigenvalue weighted by Gasteiger charge is 2.43. The zero-order chi connectivity index (χ0) is 22.3. The number of aryl methyl sites for hydroxylation is 1. The monoisotopic (exact) mass is 455 g/mol. The lowest BCUT2D eigenvalue weighted by molar-refractivity contribution is 0.0600. The van der Waals surface area contributed by atoms with Crippen LogP contribution < -0.4 is 9.64 Å². The minimum absolute atomic E-state index is 0.138. The lowest BCUT2D eigenvalue weighted by Crippen LogP contribution is -2.48. The molecule has 5 rings (SSSR count). The van der Waals surface area contributed by atoms with E-state index in [9.17, 15) is 9.90 Å². The van der Waals surface area contributed by atoms with Gasteiger partial charge in [-0.15, -0.1) is 0 Å². The number of anilines is 1. The molecule has 1 aliphatic heterocycles. The number of benzene rings is 2. The van der Waals surface area contributed by atoms with E-state index in [1.54, 1.807) is 6.07 Å². The number of rotatable bonds is 4. The summed E-state index contributed by atoms with van der Waals surface area (Å²) in [6.45, 7) is 2.48. The van der Waals surface area contributed by atoms with Crippen LogP contribution in [0.1, 0.15) is 47.2 Å². The van der Waals surface area contributed by atoms with Crippen molar-refractivity contribution in [3.05, 3.63) is 58.1 Å². The van der Waals surface area contributed by atoms with Gasteiger partial charge in [-0.1, -0.05) is 17.7 Å². The molecular weight excluding hydrogens is 426 g/mol. The molecule has 3 atom stereocenters. The van der Waals surface area contributed by atoms with Crippen LogP contribution >= 0.6 is 11.6 Å². The normalized spacial score (nSPS) is 26.4. The molecule has 0 saturated heterocycles. The molecule has 6 heteroatoms. The summed E-state index contributed by atoms with van der Waals surface area (Å²) in [5.74, 6) is 1.25. The van der Waals surface area contributed by atoms with Crippen LogP contribution in [0.3, 0.4) is 0 Å². The van der Waals surface area contributed by atoms with Gasteiger partial charge in [0.05, 0.1) is 25.0 Å². The molecule has 2 aromatic carbocycles. The number of carbonyl (C=O) groups excluding carboxylic acids is 1. The van der Waals surface area contributed by atoms with Crippen molar-refractivity contribution in [2.24, 2.45) is 11.8 Å². The molecule has 32 heavy (non-hydrogen) atoms. The number of methoxy groups -OCH3 is 1. The number of carbonyl (C=O) groups is 1. The SMILES string of the molecule is COC(=O)c1ccc2c(c1)N(CC1CCC1CO)CC1(CCCc3cc(Cl)ccc31)CO2. The molecule has 1 N–H and O–H groups in total. The Hall–Kier alpha value is -2.24. The zero-order valence-electron chi connectivity index (χ0n) is 18.5. The van der Waals surface area contributed by atoms with Crippen molar-refractivity contribution >= 4 is 23.3 Å². The third kappa shape index (κ3) is 3.75. The van der Waals surface area contributed by atoms with Gasteiger partial charge in [-0.3, -0.25) is 0 Å². The average Bonchev–Trinajstić information content (AvgIpc) is 2.93. The first kappa shape index (κ1) is 21.6. The topological polar surface area (TPSA) is 59.0 Å². The van der Waals surface area contributed by atoms with E-state index in [4.69, 9.17) is 21.1 Å². The van der Waals surface area contributed by atoms with Crippen LogP contribution in [-0.4, -0.2) is 44.5 Å². The van der Waals surface area contributed by atoms with Gasteiger partial charge in [0.25, 0.3) is 0 Å². The van der Waals surface area contributed by atoms with Crippen molar-refractivity contribution in [3.8, 4) is 5.75 Å². The second-order valence-electron chi connectivity index (χ2n) is 9.56. The van der Waals surface area contributed by atoms with Gasteiger partial charge in [0, 0.05) is 30.1 Å². The van der Waals surface area contributed by atoms with Crippen LogP contribution in [0.25, 0.3) is 0 Å². The van der Waals surface area contributed by atoms with Gasteiger partial charge in [0.1, 0.15) is 5.75 Å². The van der Waals surface area contributed by atoms with Crippen molar-refractivity contribution in [1.82, 2.24) is 0 Å². The highest BCUT2D eigenvalue weighted by Crippen LogP contribution is 2.46. The van der Waals surface area contributed by atoms with Crippen molar-refractivity contribution in [2.45, 2.75) is 37.5 Å². The van der Waals surface area contributed by atoms with Gasteiger partial charge < -0.3 is 19.5 Å². The number of aliphatic hydroxyl groups excluding tert-OH is 1. The number of halogens is 1. The van der Waals surface area contributed by atoms with E-state index in [1.165, 1.54) is 18.2 Å². The molecule has 0 radical (unpaired) electrons. The average molecular weight is 456 g/mol. The number of aliphatic hydroxyl groups is 1. The lowest BCUT2D eigenvalue weighted by Gasteiger charge is -2.44. The van der Waals surface area contributed by atoms with Gasteiger partial charge in [0.15, 0.2) is 0 Å². The molecule has 3 aliphatic rings. The van der Waals surface area contributed by atoms with Gasteiger partial charge in [-0.05, 0) is 85.4 Å². The largest absolute Gasteiger partial charge is 0.490 e. The molecule has 0 amide bonds. The maximum atomic E-state index is 12.2. The van der Waals surface area contributed by atoms with Gasteiger partial charge in [-0.2, -0.15) is 0 Å². The third-order valence-electron chi connectivity index (χ3n) is 7.72. The molecule has 1 fully saturated rings. The van der Waals surface area contributed by atoms with E-state index in [2.05, 4.69) is 17.0 Å². The van der Waals surface area contributed by atoms with Crippen molar-refractivity contribution in [1.29, 1.82) is 0 Å². The number of esters is 1. The molecule has 1 spiro atoms. The van der Waals surface area contributed by atoms with E-state index in [0.717, 1.165) is 61.7 Å². The van der Waals surface area contributed by atoms with Crippen molar-refractivity contribution in [2.75, 3.05) is 38.3 Å². The fourth-order valence-corrected chi connectivity index (χ4v) is 5.96. The first-order chi connectivity index (χ1) is 15.5. The maximum absolute atomic E-state index is 12.2. The molecule has 0 aromatic heterocycles. The lowest BCUT2D eigenvalue weighted by atomic mass is 9.69. The quantitative estimate of drug-likeness (QED) is 0.682. The highest BCUT2D eigenvalue weighted by molar-refractivity contribution is 6.30. The molecule has 170 valence electrons. The Morgan fingerprint density at radius 3 is 2.84 bits per heavy atom. The first-order valence-electron chi connectivity index (χ1n) is 11.5. The van der Waals surface area contributed by atoms with Gasteiger partial charge >= 0.3 is 5.97 Å². The first-order valence-corrected chi connectivity index (χ1v) is 11.9. The molecule has 1 saturated carbocycles. The molecule has 0 bridgehead atoms. The number of ether oxygens (including phenoxy) is 2. The summed E-state index contributed by atoms with van der Waals surface area (Å²) in [5.41, 5.74) is 3.96. The summed E-state index contributed by atoms with van der Waals surface area (Å²) in [4.78, 5) is 14.6. The van der Waals surface area contributed by atoms with Crippen LogP contribution in [-0.2, 0) is 16.6 Å². The second-order valence-corrected chi connectivity index (χ2v) is 10.00. The highest BCUT2D eigenvalue weighted by atomic mass is 35.5. The van der Waals surface area contributed by atoms with Crippen molar-refractivity contribution in [3.63, 3.8) is 0 Å². The fourth-order valence-electron chi connectivity index (χ4n) is 5.76. The Morgan fingerprint density at radius 1 is 1.25 bits per heavy atom. The van der Waals surface area contributed by atoms with Crippen LogP contribution in [0.4, 0.5) is 5.69 Å². The Bertz CT molecular complexity index is 1020. The number of fused-ring (bicyclic) bond motifs is 3. The standard InChI is InChI=1S/C26H30ClNO4/c1-31-25(30)18-6-9-24-23(12-18)28(13-19-4-5-20(19)14-29)15-26(16-32-24)10-2-3-17-11-21(27)7-8-22(17)26/h6-9,11-12,19-20,29H,2-5,10,13-16H2,1H3. The predicted molar refractivity (Wildman–Crippen MR) is 125 cm³/mol. The number of hydrogen-bond donors (Lipinski definition) is 1. The van der Waals surface area contributed by atoms with Crippen LogP contribution in [0.2, 0.25) is 5.02 Å². The molecule has 1 heterocycles. The minimum atomic E-state index is -0.346. The number of hydrogen-bond acceptors (Lipinski definition) is 5. The van der Waals surface area contributed by atoms with Crippen molar-refractivity contribution < 1.29 is 19.4 Å². The third-order valence-corrected chi connectivity index (χ3v) is 7.96. The van der Waals surface area contributed by atoms with Crippen LogP contribution in [0.15, 0.2) is 36.4 Å². The molecule has 3 unspecified atom stereocenters. The Morgan fingerprint density at radius 2 is 2.09 bits per heavy atom. The van der Waals surface area contributed by atoms with E-state index in [0.29, 0.717) is 24.0 Å². The van der Waals surface area contributed by atoms with E-state index in [1.807, 2.05) is 18.2 Å².